The molecule has 0 amide bonds. The van der Waals surface area contributed by atoms with Gasteiger partial charge in [-0.3, -0.25) is 0 Å². The number of nitrogens with zero attached hydrogens (tertiary/aromatic N) is 3. The summed E-state index contributed by atoms with van der Waals surface area (Å²) in [5.41, 5.74) is 5.42. The van der Waals surface area contributed by atoms with Crippen molar-refractivity contribution in [2.24, 2.45) is 0 Å². The molecule has 0 atom stereocenters. The third-order valence-electron chi connectivity index (χ3n) is 2.62. The first-order valence-corrected chi connectivity index (χ1v) is 5.89. The number of hydrogen-bond acceptors (Lipinski definition) is 5. The predicted molar refractivity (Wildman–Crippen MR) is 66.9 cm³/mol. The van der Waals surface area contributed by atoms with Gasteiger partial charge in [-0.15, -0.1) is 0 Å². The van der Waals surface area contributed by atoms with E-state index in [1.807, 2.05) is 0 Å². The molecule has 0 aromatic carbocycles. The molecule has 8 heteroatoms. The van der Waals surface area contributed by atoms with Crippen LogP contribution in [0.5, 0.6) is 0 Å². The van der Waals surface area contributed by atoms with Crippen LogP contribution in [0.3, 0.4) is 0 Å². The van der Waals surface area contributed by atoms with Gasteiger partial charge in [0, 0.05) is 12.6 Å². The standard InChI is InChI=1S/C12H13F3N4O/c1-2-19(7-8-4-3-5-20-8)10-6-9(16)17-11(18-10)12(13,14)15/h3-6H,2,7H2,1H3,(H2,16,17,18). The number of furan rings is 1. The van der Waals surface area contributed by atoms with Gasteiger partial charge in [-0.1, -0.05) is 0 Å². The Kier molecular flexibility index (Phi) is 3.82. The Bertz CT molecular complexity index is 569. The van der Waals surface area contributed by atoms with Gasteiger partial charge in [0.2, 0.25) is 5.82 Å². The van der Waals surface area contributed by atoms with Crippen LogP contribution in [0.25, 0.3) is 0 Å². The lowest BCUT2D eigenvalue weighted by molar-refractivity contribution is -0.144. The van der Waals surface area contributed by atoms with Crippen LogP contribution in [0, 0.1) is 0 Å². The Morgan fingerprint density at radius 2 is 2.10 bits per heavy atom. The molecule has 2 heterocycles. The summed E-state index contributed by atoms with van der Waals surface area (Å²) in [6.07, 6.45) is -3.13. The van der Waals surface area contributed by atoms with E-state index in [0.717, 1.165) is 0 Å². The number of hydrogen-bond donors (Lipinski definition) is 1. The van der Waals surface area contributed by atoms with Crippen molar-refractivity contribution in [1.82, 2.24) is 9.97 Å². The number of rotatable bonds is 4. The van der Waals surface area contributed by atoms with Crippen molar-refractivity contribution in [1.29, 1.82) is 0 Å². The molecule has 0 aliphatic carbocycles. The lowest BCUT2D eigenvalue weighted by Gasteiger charge is -2.21. The monoisotopic (exact) mass is 286 g/mol. The van der Waals surface area contributed by atoms with Crippen LogP contribution in [-0.4, -0.2) is 16.5 Å². The maximum atomic E-state index is 12.7. The molecule has 0 saturated heterocycles. The minimum absolute atomic E-state index is 0.115. The third-order valence-corrected chi connectivity index (χ3v) is 2.62. The Morgan fingerprint density at radius 3 is 2.65 bits per heavy atom. The molecule has 0 radical (unpaired) electrons. The second-order valence-electron chi connectivity index (χ2n) is 4.07. The lowest BCUT2D eigenvalue weighted by Crippen LogP contribution is -2.25. The first-order valence-electron chi connectivity index (χ1n) is 5.89. The summed E-state index contributed by atoms with van der Waals surface area (Å²) in [5.74, 6) is -0.730. The van der Waals surface area contributed by atoms with Crippen LogP contribution in [0.4, 0.5) is 24.8 Å². The highest BCUT2D eigenvalue weighted by Gasteiger charge is 2.35. The van der Waals surface area contributed by atoms with E-state index in [2.05, 4.69) is 9.97 Å². The van der Waals surface area contributed by atoms with Crippen LogP contribution in [0.2, 0.25) is 0 Å². The van der Waals surface area contributed by atoms with Crippen molar-refractivity contribution >= 4 is 11.6 Å². The molecule has 0 bridgehead atoms. The summed E-state index contributed by atoms with van der Waals surface area (Å²) >= 11 is 0. The van der Waals surface area contributed by atoms with Crippen LogP contribution in [-0.2, 0) is 12.7 Å². The molecule has 0 aliphatic rings. The Morgan fingerprint density at radius 1 is 1.35 bits per heavy atom. The third kappa shape index (κ3) is 3.19. The van der Waals surface area contributed by atoms with Gasteiger partial charge in [-0.05, 0) is 19.1 Å². The smallest absolute Gasteiger partial charge is 0.451 e. The lowest BCUT2D eigenvalue weighted by atomic mass is 10.3. The molecule has 0 aliphatic heterocycles. The highest BCUT2D eigenvalue weighted by Crippen LogP contribution is 2.29. The minimum atomic E-state index is -4.63. The number of halogens is 3. The second kappa shape index (κ2) is 5.40. The second-order valence-corrected chi connectivity index (χ2v) is 4.07. The topological polar surface area (TPSA) is 68.2 Å². The fourth-order valence-corrected chi connectivity index (χ4v) is 1.69. The van der Waals surface area contributed by atoms with Gasteiger partial charge in [-0.25, -0.2) is 9.97 Å². The number of nitrogens with two attached hydrogens (primary N) is 1. The molecule has 0 fully saturated rings. The van der Waals surface area contributed by atoms with Gasteiger partial charge in [0.05, 0.1) is 12.8 Å². The molecule has 2 aromatic heterocycles. The zero-order valence-electron chi connectivity index (χ0n) is 10.7. The number of anilines is 2. The molecule has 0 spiro atoms. The normalized spacial score (nSPS) is 11.6. The molecule has 0 saturated carbocycles. The highest BCUT2D eigenvalue weighted by atomic mass is 19.4. The van der Waals surface area contributed by atoms with Crippen LogP contribution < -0.4 is 10.6 Å². The van der Waals surface area contributed by atoms with Crippen molar-refractivity contribution in [3.8, 4) is 0 Å². The van der Waals surface area contributed by atoms with E-state index >= 15 is 0 Å². The van der Waals surface area contributed by atoms with E-state index in [0.29, 0.717) is 18.8 Å². The van der Waals surface area contributed by atoms with Gasteiger partial charge >= 0.3 is 6.18 Å². The van der Waals surface area contributed by atoms with Crippen molar-refractivity contribution in [2.75, 3.05) is 17.2 Å². The van der Waals surface area contributed by atoms with E-state index in [1.54, 1.807) is 24.0 Å². The van der Waals surface area contributed by atoms with Crippen molar-refractivity contribution in [2.45, 2.75) is 19.6 Å². The zero-order chi connectivity index (χ0) is 14.8. The average Bonchev–Trinajstić information content (AvgIpc) is 2.87. The largest absolute Gasteiger partial charge is 0.467 e. The van der Waals surface area contributed by atoms with Crippen molar-refractivity contribution < 1.29 is 17.6 Å². The SMILES string of the molecule is CCN(Cc1ccco1)c1cc(N)nc(C(F)(F)F)n1. The molecule has 2 aromatic rings. The number of aromatic nitrogens is 2. The molecule has 108 valence electrons. The first-order chi connectivity index (χ1) is 9.40. The van der Waals surface area contributed by atoms with Crippen molar-refractivity contribution in [3.05, 3.63) is 36.0 Å². The van der Waals surface area contributed by atoms with Gasteiger partial charge in [0.15, 0.2) is 0 Å². The maximum Gasteiger partial charge on any atom is 0.451 e. The fourth-order valence-electron chi connectivity index (χ4n) is 1.69. The van der Waals surface area contributed by atoms with Crippen LogP contribution >= 0.6 is 0 Å². The molecular weight excluding hydrogens is 273 g/mol. The quantitative estimate of drug-likeness (QED) is 0.936. The summed E-state index contributed by atoms with van der Waals surface area (Å²) in [6, 6.07) is 4.75. The Balaban J connectivity index is 2.32. The Labute approximate surface area is 113 Å². The summed E-state index contributed by atoms with van der Waals surface area (Å²) in [5, 5.41) is 0. The number of nitrogen functional groups attached to an aromatic ring is 1. The summed E-state index contributed by atoms with van der Waals surface area (Å²) in [4.78, 5) is 8.35. The summed E-state index contributed by atoms with van der Waals surface area (Å²) in [6.45, 7) is 2.56. The predicted octanol–water partition coefficient (Wildman–Crippen LogP) is 2.70. The van der Waals surface area contributed by atoms with Gasteiger partial charge in [0.1, 0.15) is 17.4 Å². The molecule has 2 rings (SSSR count). The zero-order valence-corrected chi connectivity index (χ0v) is 10.7. The fraction of sp³-hybridized carbons (Fsp3) is 0.333. The first kappa shape index (κ1) is 14.2. The molecule has 0 unspecified atom stereocenters. The van der Waals surface area contributed by atoms with Gasteiger partial charge < -0.3 is 15.1 Å². The maximum absolute atomic E-state index is 12.7. The molecule has 2 N–H and O–H groups in total. The molecule has 5 nitrogen and oxygen atoms in total. The Hall–Kier alpha value is -2.25. The van der Waals surface area contributed by atoms with Crippen LogP contribution in [0.15, 0.2) is 28.9 Å². The van der Waals surface area contributed by atoms with E-state index in [4.69, 9.17) is 10.2 Å². The summed E-state index contributed by atoms with van der Waals surface area (Å²) in [7, 11) is 0. The van der Waals surface area contributed by atoms with Gasteiger partial charge in [0.25, 0.3) is 0 Å². The molecule has 20 heavy (non-hydrogen) atoms. The summed E-state index contributed by atoms with van der Waals surface area (Å²) < 4.78 is 43.2. The minimum Gasteiger partial charge on any atom is -0.467 e. The van der Waals surface area contributed by atoms with Gasteiger partial charge in [-0.2, -0.15) is 13.2 Å². The average molecular weight is 286 g/mol. The highest BCUT2D eigenvalue weighted by molar-refractivity contribution is 5.47. The van der Waals surface area contributed by atoms with E-state index in [9.17, 15) is 13.2 Å². The van der Waals surface area contributed by atoms with E-state index in [-0.39, 0.29) is 11.6 Å². The van der Waals surface area contributed by atoms with Crippen LogP contribution in [0.1, 0.15) is 18.5 Å². The van der Waals surface area contributed by atoms with E-state index in [1.165, 1.54) is 12.3 Å². The molecular formula is C12H13F3N4O. The number of alkyl halides is 3. The van der Waals surface area contributed by atoms with E-state index < -0.39 is 12.0 Å². The van der Waals surface area contributed by atoms with Crippen molar-refractivity contribution in [3.63, 3.8) is 0 Å².